The highest BCUT2D eigenvalue weighted by atomic mass is 32.2. The molecular weight excluding hydrogens is 306 g/mol. The van der Waals surface area contributed by atoms with Crippen molar-refractivity contribution in [2.45, 2.75) is 23.1 Å². The molecule has 1 N–H and O–H groups in total. The lowest BCUT2D eigenvalue weighted by Gasteiger charge is -2.15. The SMILES string of the molecule is CN1C(=O)CC(Nc2ccccc2S(=O)(=O)C(F)F)C1=O. The van der Waals surface area contributed by atoms with E-state index in [0.29, 0.717) is 0 Å². The summed E-state index contributed by atoms with van der Waals surface area (Å²) >= 11 is 0. The van der Waals surface area contributed by atoms with Crippen molar-refractivity contribution < 1.29 is 26.8 Å². The second-order valence-corrected chi connectivity index (χ2v) is 6.38. The Labute approximate surface area is 119 Å². The molecule has 1 atom stereocenters. The average molecular weight is 318 g/mol. The largest absolute Gasteiger partial charge is 0.372 e. The molecule has 0 spiro atoms. The van der Waals surface area contributed by atoms with Crippen LogP contribution in [0.15, 0.2) is 29.2 Å². The van der Waals surface area contributed by atoms with Gasteiger partial charge >= 0.3 is 5.76 Å². The van der Waals surface area contributed by atoms with E-state index in [1.807, 2.05) is 0 Å². The van der Waals surface area contributed by atoms with Gasteiger partial charge in [0.1, 0.15) is 6.04 Å². The third-order valence-corrected chi connectivity index (χ3v) is 4.58. The number of hydrogen-bond acceptors (Lipinski definition) is 5. The number of likely N-dealkylation sites (N-methyl/N-ethyl adjacent to an activating group) is 1. The van der Waals surface area contributed by atoms with Gasteiger partial charge in [-0.1, -0.05) is 12.1 Å². The van der Waals surface area contributed by atoms with Gasteiger partial charge in [-0.15, -0.1) is 0 Å². The molecule has 1 fully saturated rings. The van der Waals surface area contributed by atoms with Crippen molar-refractivity contribution in [3.05, 3.63) is 24.3 Å². The lowest BCUT2D eigenvalue weighted by atomic mass is 10.2. The maximum Gasteiger partial charge on any atom is 0.341 e. The first kappa shape index (κ1) is 15.4. The Bertz CT molecular complexity index is 690. The third kappa shape index (κ3) is 2.73. The zero-order valence-electron chi connectivity index (χ0n) is 10.9. The van der Waals surface area contributed by atoms with Gasteiger partial charge in [0.2, 0.25) is 15.7 Å². The van der Waals surface area contributed by atoms with E-state index in [9.17, 15) is 26.8 Å². The first-order valence-corrected chi connectivity index (χ1v) is 7.48. The number of carbonyl (C=O) groups is 2. The van der Waals surface area contributed by atoms with Crippen molar-refractivity contribution in [3.63, 3.8) is 0 Å². The molecule has 1 saturated heterocycles. The van der Waals surface area contributed by atoms with Gasteiger partial charge in [0.05, 0.1) is 17.0 Å². The number of carbonyl (C=O) groups excluding carboxylic acids is 2. The Kier molecular flexibility index (Phi) is 3.95. The van der Waals surface area contributed by atoms with Crippen LogP contribution >= 0.6 is 0 Å². The number of hydrogen-bond donors (Lipinski definition) is 1. The van der Waals surface area contributed by atoms with Crippen LogP contribution in [0.1, 0.15) is 6.42 Å². The Morgan fingerprint density at radius 1 is 1.29 bits per heavy atom. The number of likely N-dealkylation sites (tertiary alicyclic amines) is 1. The van der Waals surface area contributed by atoms with Gasteiger partial charge in [-0.25, -0.2) is 8.42 Å². The standard InChI is InChI=1S/C12H12F2N2O4S/c1-16-10(17)6-8(11(16)18)15-7-4-2-3-5-9(7)21(19,20)12(13)14/h2-5,8,12,15H,6H2,1H3. The number of halogens is 2. The van der Waals surface area contributed by atoms with Gasteiger partial charge in [0, 0.05) is 7.05 Å². The monoisotopic (exact) mass is 318 g/mol. The first-order valence-electron chi connectivity index (χ1n) is 5.93. The van der Waals surface area contributed by atoms with Gasteiger partial charge in [0.15, 0.2) is 0 Å². The van der Waals surface area contributed by atoms with Crippen LogP contribution in [0, 0.1) is 0 Å². The van der Waals surface area contributed by atoms with Gasteiger partial charge in [0.25, 0.3) is 5.91 Å². The number of anilines is 1. The summed E-state index contributed by atoms with van der Waals surface area (Å²) in [6.45, 7) is 0. The molecule has 1 aromatic rings. The minimum Gasteiger partial charge on any atom is -0.372 e. The summed E-state index contributed by atoms with van der Waals surface area (Å²) < 4.78 is 48.5. The van der Waals surface area contributed by atoms with Crippen molar-refractivity contribution in [3.8, 4) is 0 Å². The van der Waals surface area contributed by atoms with Crippen molar-refractivity contribution in [1.82, 2.24) is 4.90 Å². The number of amides is 2. The smallest absolute Gasteiger partial charge is 0.341 e. The van der Waals surface area contributed by atoms with Gasteiger partial charge in [-0.05, 0) is 12.1 Å². The number of alkyl halides is 2. The number of para-hydroxylation sites is 1. The summed E-state index contributed by atoms with van der Waals surface area (Å²) in [6, 6.07) is 4.07. The van der Waals surface area contributed by atoms with Gasteiger partial charge in [-0.3, -0.25) is 14.5 Å². The van der Waals surface area contributed by atoms with E-state index >= 15 is 0 Å². The summed E-state index contributed by atoms with van der Waals surface area (Å²) in [6.07, 6.45) is -0.154. The highest BCUT2D eigenvalue weighted by Crippen LogP contribution is 2.28. The van der Waals surface area contributed by atoms with Crippen molar-refractivity contribution in [2.24, 2.45) is 0 Å². The summed E-state index contributed by atoms with van der Waals surface area (Å²) in [5.74, 6) is -4.53. The zero-order chi connectivity index (χ0) is 15.8. The van der Waals surface area contributed by atoms with Crippen molar-refractivity contribution >= 4 is 27.3 Å². The van der Waals surface area contributed by atoms with E-state index in [2.05, 4.69) is 5.32 Å². The van der Waals surface area contributed by atoms with Crippen LogP contribution < -0.4 is 5.32 Å². The van der Waals surface area contributed by atoms with Gasteiger partial charge in [-0.2, -0.15) is 8.78 Å². The molecule has 2 amide bonds. The van der Waals surface area contributed by atoms with E-state index in [-0.39, 0.29) is 12.1 Å². The van der Waals surface area contributed by atoms with Crippen molar-refractivity contribution in [2.75, 3.05) is 12.4 Å². The molecule has 9 heteroatoms. The molecule has 0 saturated carbocycles. The highest BCUT2D eigenvalue weighted by molar-refractivity contribution is 7.91. The summed E-state index contributed by atoms with van der Waals surface area (Å²) in [5.41, 5.74) is -0.126. The van der Waals surface area contributed by atoms with E-state index in [0.717, 1.165) is 11.0 Å². The van der Waals surface area contributed by atoms with Crippen LogP contribution in [0.2, 0.25) is 0 Å². The summed E-state index contributed by atoms with van der Waals surface area (Å²) in [5, 5.41) is 2.56. The van der Waals surface area contributed by atoms with E-state index in [1.165, 1.54) is 25.2 Å². The number of nitrogens with zero attached hydrogens (tertiary/aromatic N) is 1. The molecule has 1 heterocycles. The van der Waals surface area contributed by atoms with Crippen LogP contribution in [-0.4, -0.2) is 44.0 Å². The molecule has 6 nitrogen and oxygen atoms in total. The molecule has 1 aromatic carbocycles. The number of imide groups is 1. The molecule has 21 heavy (non-hydrogen) atoms. The molecule has 0 aliphatic carbocycles. The van der Waals surface area contributed by atoms with Crippen LogP contribution in [0.4, 0.5) is 14.5 Å². The fourth-order valence-corrected chi connectivity index (χ4v) is 2.88. The fraction of sp³-hybridized carbons (Fsp3) is 0.333. The zero-order valence-corrected chi connectivity index (χ0v) is 11.7. The predicted molar refractivity (Wildman–Crippen MR) is 69.4 cm³/mol. The normalized spacial score (nSPS) is 19.4. The topological polar surface area (TPSA) is 83.6 Å². The number of benzene rings is 1. The molecule has 0 bridgehead atoms. The third-order valence-electron chi connectivity index (χ3n) is 3.14. The van der Waals surface area contributed by atoms with Crippen LogP contribution in [0.3, 0.4) is 0 Å². The fourth-order valence-electron chi connectivity index (χ4n) is 1.99. The van der Waals surface area contributed by atoms with Crippen LogP contribution in [0.25, 0.3) is 0 Å². The van der Waals surface area contributed by atoms with Crippen molar-refractivity contribution in [1.29, 1.82) is 0 Å². The minimum absolute atomic E-state index is 0.126. The highest BCUT2D eigenvalue weighted by Gasteiger charge is 2.37. The summed E-state index contributed by atoms with van der Waals surface area (Å²) in [7, 11) is -3.50. The quantitative estimate of drug-likeness (QED) is 0.832. The number of sulfone groups is 1. The molecular formula is C12H12F2N2O4S. The molecule has 1 aliphatic rings. The minimum atomic E-state index is -4.80. The maximum atomic E-state index is 12.6. The average Bonchev–Trinajstić information content (AvgIpc) is 2.66. The Balaban J connectivity index is 2.35. The van der Waals surface area contributed by atoms with E-state index < -0.39 is 38.3 Å². The first-order chi connectivity index (χ1) is 9.75. The number of nitrogens with one attached hydrogen (secondary N) is 1. The maximum absolute atomic E-state index is 12.6. The Hall–Kier alpha value is -2.03. The Morgan fingerprint density at radius 3 is 2.43 bits per heavy atom. The molecule has 2 rings (SSSR count). The second kappa shape index (κ2) is 5.40. The van der Waals surface area contributed by atoms with E-state index in [4.69, 9.17) is 0 Å². The predicted octanol–water partition coefficient (Wildman–Crippen LogP) is 0.852. The lowest BCUT2D eigenvalue weighted by Crippen LogP contribution is -2.32. The Morgan fingerprint density at radius 2 is 1.90 bits per heavy atom. The number of rotatable bonds is 4. The van der Waals surface area contributed by atoms with Gasteiger partial charge < -0.3 is 5.32 Å². The second-order valence-electron chi connectivity index (χ2n) is 4.49. The summed E-state index contributed by atoms with van der Waals surface area (Å²) in [4.78, 5) is 23.5. The van der Waals surface area contributed by atoms with Crippen LogP contribution in [-0.2, 0) is 19.4 Å². The molecule has 0 aromatic heterocycles. The van der Waals surface area contributed by atoms with E-state index in [1.54, 1.807) is 0 Å². The molecule has 1 unspecified atom stereocenters. The molecule has 114 valence electrons. The van der Waals surface area contributed by atoms with Crippen LogP contribution in [0.5, 0.6) is 0 Å². The molecule has 1 aliphatic heterocycles. The lowest BCUT2D eigenvalue weighted by molar-refractivity contribution is -0.136. The molecule has 0 radical (unpaired) electrons.